The van der Waals surface area contributed by atoms with E-state index in [0.29, 0.717) is 5.75 Å². The molecule has 3 heteroatoms. The molecule has 2 aromatic rings. The van der Waals surface area contributed by atoms with E-state index in [1.807, 2.05) is 12.1 Å². The number of aromatic hydroxyl groups is 1. The van der Waals surface area contributed by atoms with Crippen molar-refractivity contribution < 1.29 is 5.11 Å². The number of aryl methyl sites for hydroxylation is 1. The SMILES string of the molecule is Cc1ccc(CNc2cccc(O)c2)s1. The van der Waals surface area contributed by atoms with Crippen molar-refractivity contribution in [2.45, 2.75) is 13.5 Å². The Bertz CT molecular complexity index is 450. The molecule has 0 saturated carbocycles. The second kappa shape index (κ2) is 4.36. The maximum absolute atomic E-state index is 9.28. The predicted molar refractivity (Wildman–Crippen MR) is 64.5 cm³/mol. The van der Waals surface area contributed by atoms with E-state index in [1.54, 1.807) is 23.5 Å². The van der Waals surface area contributed by atoms with E-state index >= 15 is 0 Å². The Morgan fingerprint density at radius 2 is 2.13 bits per heavy atom. The Kier molecular flexibility index (Phi) is 2.92. The Labute approximate surface area is 93.2 Å². The van der Waals surface area contributed by atoms with Crippen LogP contribution in [0.15, 0.2) is 36.4 Å². The summed E-state index contributed by atoms with van der Waals surface area (Å²) in [6.07, 6.45) is 0. The first-order chi connectivity index (χ1) is 7.24. The first-order valence-corrected chi connectivity index (χ1v) is 5.64. The average molecular weight is 219 g/mol. The van der Waals surface area contributed by atoms with Crippen LogP contribution >= 0.6 is 11.3 Å². The standard InChI is InChI=1S/C12H13NOS/c1-9-5-6-12(15-9)8-13-10-3-2-4-11(14)7-10/h2-7,13-14H,8H2,1H3. The van der Waals surface area contributed by atoms with Crippen LogP contribution in [0.3, 0.4) is 0 Å². The molecule has 0 radical (unpaired) electrons. The Morgan fingerprint density at radius 1 is 1.27 bits per heavy atom. The van der Waals surface area contributed by atoms with Gasteiger partial charge in [-0.15, -0.1) is 11.3 Å². The van der Waals surface area contributed by atoms with Gasteiger partial charge in [0.25, 0.3) is 0 Å². The van der Waals surface area contributed by atoms with Gasteiger partial charge in [0.15, 0.2) is 0 Å². The van der Waals surface area contributed by atoms with Gasteiger partial charge in [-0.1, -0.05) is 6.07 Å². The minimum absolute atomic E-state index is 0.294. The van der Waals surface area contributed by atoms with Crippen molar-refractivity contribution in [3.8, 4) is 5.75 Å². The number of phenolic OH excluding ortho intramolecular Hbond substituents is 1. The van der Waals surface area contributed by atoms with Crippen LogP contribution < -0.4 is 5.32 Å². The van der Waals surface area contributed by atoms with Gasteiger partial charge in [-0.25, -0.2) is 0 Å². The van der Waals surface area contributed by atoms with Gasteiger partial charge in [0.2, 0.25) is 0 Å². The molecule has 2 N–H and O–H groups in total. The van der Waals surface area contributed by atoms with Crippen molar-refractivity contribution in [2.75, 3.05) is 5.32 Å². The van der Waals surface area contributed by atoms with Crippen LogP contribution in [0.4, 0.5) is 5.69 Å². The largest absolute Gasteiger partial charge is 0.508 e. The topological polar surface area (TPSA) is 32.3 Å². The molecule has 0 spiro atoms. The second-order valence-corrected chi connectivity index (χ2v) is 4.79. The van der Waals surface area contributed by atoms with Gasteiger partial charge in [-0.2, -0.15) is 0 Å². The van der Waals surface area contributed by atoms with Gasteiger partial charge < -0.3 is 10.4 Å². The summed E-state index contributed by atoms with van der Waals surface area (Å²) in [5.41, 5.74) is 0.945. The molecule has 0 saturated heterocycles. The summed E-state index contributed by atoms with van der Waals surface area (Å²) in [4.78, 5) is 2.62. The number of hydrogen-bond donors (Lipinski definition) is 2. The molecule has 0 bridgehead atoms. The minimum Gasteiger partial charge on any atom is -0.508 e. The number of thiophene rings is 1. The predicted octanol–water partition coefficient (Wildman–Crippen LogP) is 3.37. The molecule has 1 heterocycles. The third-order valence-corrected chi connectivity index (χ3v) is 3.11. The van der Waals surface area contributed by atoms with E-state index in [1.165, 1.54) is 9.75 Å². The number of rotatable bonds is 3. The molecule has 0 amide bonds. The van der Waals surface area contributed by atoms with Crippen molar-refractivity contribution in [2.24, 2.45) is 0 Å². The van der Waals surface area contributed by atoms with E-state index in [9.17, 15) is 5.11 Å². The van der Waals surface area contributed by atoms with Gasteiger partial charge in [0.05, 0.1) is 0 Å². The van der Waals surface area contributed by atoms with E-state index in [4.69, 9.17) is 0 Å². The lowest BCUT2D eigenvalue weighted by atomic mass is 10.3. The fourth-order valence-corrected chi connectivity index (χ4v) is 2.22. The summed E-state index contributed by atoms with van der Waals surface area (Å²) >= 11 is 1.79. The first-order valence-electron chi connectivity index (χ1n) is 4.82. The summed E-state index contributed by atoms with van der Waals surface area (Å²) in [6.45, 7) is 2.91. The van der Waals surface area contributed by atoms with Gasteiger partial charge in [-0.05, 0) is 31.2 Å². The minimum atomic E-state index is 0.294. The Balaban J connectivity index is 1.99. The zero-order chi connectivity index (χ0) is 10.7. The quantitative estimate of drug-likeness (QED) is 0.829. The van der Waals surface area contributed by atoms with Gasteiger partial charge in [0.1, 0.15) is 5.75 Å². The molecular weight excluding hydrogens is 206 g/mol. The highest BCUT2D eigenvalue weighted by molar-refractivity contribution is 7.11. The lowest BCUT2D eigenvalue weighted by molar-refractivity contribution is 0.475. The summed E-state index contributed by atoms with van der Waals surface area (Å²) in [6, 6.07) is 11.4. The smallest absolute Gasteiger partial charge is 0.117 e. The van der Waals surface area contributed by atoms with Gasteiger partial charge in [0, 0.05) is 28.1 Å². The van der Waals surface area contributed by atoms with Crippen LogP contribution in [-0.2, 0) is 6.54 Å². The fourth-order valence-electron chi connectivity index (χ4n) is 1.39. The number of phenols is 1. The van der Waals surface area contributed by atoms with E-state index in [0.717, 1.165) is 12.2 Å². The maximum atomic E-state index is 9.28. The molecule has 2 rings (SSSR count). The molecular formula is C12H13NOS. The third kappa shape index (κ3) is 2.73. The molecule has 15 heavy (non-hydrogen) atoms. The summed E-state index contributed by atoms with van der Waals surface area (Å²) in [7, 11) is 0. The molecule has 1 aromatic heterocycles. The molecule has 0 aliphatic rings. The Hall–Kier alpha value is -1.48. The van der Waals surface area contributed by atoms with Crippen molar-refractivity contribution in [3.63, 3.8) is 0 Å². The number of anilines is 1. The highest BCUT2D eigenvalue weighted by atomic mass is 32.1. The zero-order valence-electron chi connectivity index (χ0n) is 8.53. The van der Waals surface area contributed by atoms with Crippen molar-refractivity contribution in [3.05, 3.63) is 46.2 Å². The fraction of sp³-hybridized carbons (Fsp3) is 0.167. The molecule has 0 fully saturated rings. The van der Waals surface area contributed by atoms with Crippen LogP contribution in [-0.4, -0.2) is 5.11 Å². The van der Waals surface area contributed by atoms with E-state index in [-0.39, 0.29) is 0 Å². The molecule has 1 aromatic carbocycles. The van der Waals surface area contributed by atoms with Crippen LogP contribution in [0, 0.1) is 6.92 Å². The van der Waals surface area contributed by atoms with Crippen LogP contribution in [0.1, 0.15) is 9.75 Å². The Morgan fingerprint density at radius 3 is 2.80 bits per heavy atom. The molecule has 0 unspecified atom stereocenters. The maximum Gasteiger partial charge on any atom is 0.117 e. The van der Waals surface area contributed by atoms with E-state index in [2.05, 4.69) is 24.4 Å². The lowest BCUT2D eigenvalue weighted by Gasteiger charge is -2.04. The summed E-state index contributed by atoms with van der Waals surface area (Å²) in [5.74, 6) is 0.294. The van der Waals surface area contributed by atoms with Crippen molar-refractivity contribution in [1.82, 2.24) is 0 Å². The normalized spacial score (nSPS) is 10.2. The number of benzene rings is 1. The second-order valence-electron chi connectivity index (χ2n) is 3.42. The monoisotopic (exact) mass is 219 g/mol. The average Bonchev–Trinajstić information content (AvgIpc) is 2.62. The van der Waals surface area contributed by atoms with Gasteiger partial charge >= 0.3 is 0 Å². The molecule has 2 nitrogen and oxygen atoms in total. The van der Waals surface area contributed by atoms with Crippen LogP contribution in [0.5, 0.6) is 5.75 Å². The van der Waals surface area contributed by atoms with Crippen molar-refractivity contribution >= 4 is 17.0 Å². The highest BCUT2D eigenvalue weighted by Gasteiger charge is 1.97. The molecule has 78 valence electrons. The molecule has 0 aliphatic carbocycles. The molecule has 0 atom stereocenters. The van der Waals surface area contributed by atoms with Crippen LogP contribution in [0.25, 0.3) is 0 Å². The van der Waals surface area contributed by atoms with Crippen molar-refractivity contribution in [1.29, 1.82) is 0 Å². The lowest BCUT2D eigenvalue weighted by Crippen LogP contribution is -1.96. The van der Waals surface area contributed by atoms with Gasteiger partial charge in [-0.3, -0.25) is 0 Å². The first kappa shape index (κ1) is 10.1. The molecule has 0 aliphatic heterocycles. The van der Waals surface area contributed by atoms with Crippen LogP contribution in [0.2, 0.25) is 0 Å². The summed E-state index contributed by atoms with van der Waals surface area (Å²) in [5, 5.41) is 12.5. The summed E-state index contributed by atoms with van der Waals surface area (Å²) < 4.78 is 0. The van der Waals surface area contributed by atoms with E-state index < -0.39 is 0 Å². The number of nitrogens with one attached hydrogen (secondary N) is 1. The third-order valence-electron chi connectivity index (χ3n) is 2.11. The zero-order valence-corrected chi connectivity index (χ0v) is 9.34. The highest BCUT2D eigenvalue weighted by Crippen LogP contribution is 2.19. The number of hydrogen-bond acceptors (Lipinski definition) is 3.